The van der Waals surface area contributed by atoms with Crippen LogP contribution in [0.15, 0.2) is 0 Å². The first-order valence-electron chi connectivity index (χ1n) is 22.8. The number of aliphatic carboxylic acids is 1. The van der Waals surface area contributed by atoms with Crippen LogP contribution in [0.2, 0.25) is 0 Å². The summed E-state index contributed by atoms with van der Waals surface area (Å²) < 4.78 is 96.8. The molecule has 0 heterocycles. The van der Waals surface area contributed by atoms with Crippen LogP contribution >= 0.6 is 0 Å². The van der Waals surface area contributed by atoms with E-state index >= 15 is 0 Å². The fraction of sp³-hybridized carbons (Fsp3) is 0.698. The van der Waals surface area contributed by atoms with E-state index in [9.17, 15) is 62.3 Å². The Kier molecular flexibility index (Phi) is 39.5. The van der Waals surface area contributed by atoms with Crippen molar-refractivity contribution in [2.75, 3.05) is 87.6 Å². The van der Waals surface area contributed by atoms with Crippen molar-refractivity contribution in [1.82, 2.24) is 0 Å². The fourth-order valence-corrected chi connectivity index (χ4v) is 3.57. The smallest absolute Gasteiger partial charge is 0.481 e. The van der Waals surface area contributed by atoms with Crippen molar-refractivity contribution in [1.29, 1.82) is 0 Å². The van der Waals surface area contributed by atoms with Crippen molar-refractivity contribution < 1.29 is 172 Å². The van der Waals surface area contributed by atoms with E-state index in [2.05, 4.69) is 94.7 Å². The van der Waals surface area contributed by atoms with Crippen LogP contribution in [-0.2, 0) is 119 Å². The molecule has 0 rings (SSSR count). The largest absolute Gasteiger partial charge is 0.514 e. The van der Waals surface area contributed by atoms with Gasteiger partial charge < -0.3 is 109 Å². The highest BCUT2D eigenvalue weighted by Gasteiger charge is 2.27. The monoisotopic (exact) mass is 1160 g/mol. The van der Waals surface area contributed by atoms with Crippen LogP contribution in [0.25, 0.3) is 0 Å². The minimum Gasteiger partial charge on any atom is -0.481 e. The van der Waals surface area contributed by atoms with Crippen molar-refractivity contribution in [2.45, 2.75) is 93.9 Å². The van der Waals surface area contributed by atoms with E-state index in [1.807, 2.05) is 20.8 Å². The lowest BCUT2D eigenvalue weighted by atomic mass is 9.91. The van der Waals surface area contributed by atoms with E-state index in [4.69, 9.17) is 14.6 Å². The number of rotatable bonds is 33. The molecule has 0 aliphatic carbocycles. The molecular formula is C43H64O36. The Hall–Kier alpha value is -8.89. The van der Waals surface area contributed by atoms with Crippen molar-refractivity contribution in [3.05, 3.63) is 0 Å². The summed E-state index contributed by atoms with van der Waals surface area (Å²) in [5, 5.41) is 8.44. The predicted molar refractivity (Wildman–Crippen MR) is 240 cm³/mol. The molecule has 0 saturated heterocycles. The van der Waals surface area contributed by atoms with Gasteiger partial charge in [-0.05, 0) is 52.9 Å². The second-order valence-electron chi connectivity index (χ2n) is 15.3. The van der Waals surface area contributed by atoms with Gasteiger partial charge in [0, 0.05) is 0 Å². The molecule has 1 N–H and O–H groups in total. The molecule has 36 nitrogen and oxygen atoms in total. The number of unbranched alkanes of at least 4 members (excludes halogenated alkanes) is 1. The second-order valence-corrected chi connectivity index (χ2v) is 15.3. The minimum absolute atomic E-state index is 0.167. The normalized spacial score (nSPS) is 10.6. The van der Waals surface area contributed by atoms with Crippen molar-refractivity contribution in [3.63, 3.8) is 0 Å². The third-order valence-corrected chi connectivity index (χ3v) is 8.95. The first kappa shape index (κ1) is 72.2. The van der Waals surface area contributed by atoms with E-state index < -0.39 is 158 Å². The Morgan fingerprint density at radius 2 is 0.620 bits per heavy atom. The molecule has 0 aromatic heterocycles. The summed E-state index contributed by atoms with van der Waals surface area (Å²) in [5.74, 6) is -1.85. The summed E-state index contributed by atoms with van der Waals surface area (Å²) in [5.41, 5.74) is -1.26. The summed E-state index contributed by atoms with van der Waals surface area (Å²) in [7, 11) is 0. The summed E-state index contributed by atoms with van der Waals surface area (Å²) in [6, 6.07) is 0. The third kappa shape index (κ3) is 42.0. The molecule has 0 aliphatic rings. The zero-order valence-corrected chi connectivity index (χ0v) is 44.2. The highest BCUT2D eigenvalue weighted by atomic mass is 16.9. The van der Waals surface area contributed by atoms with Gasteiger partial charge in [0.1, 0.15) is 13.2 Å². The van der Waals surface area contributed by atoms with Gasteiger partial charge in [0.25, 0.3) is 0 Å². The van der Waals surface area contributed by atoms with E-state index in [0.29, 0.717) is 12.8 Å². The lowest BCUT2D eigenvalue weighted by Crippen LogP contribution is -2.27. The molecule has 0 amide bonds. The van der Waals surface area contributed by atoms with Gasteiger partial charge in [0.05, 0.1) is 17.4 Å². The van der Waals surface area contributed by atoms with Crippen LogP contribution in [0.4, 0.5) is 47.9 Å². The van der Waals surface area contributed by atoms with Crippen LogP contribution in [0.3, 0.4) is 0 Å². The Morgan fingerprint density at radius 3 is 0.861 bits per heavy atom. The number of carboxylic acids is 1. The first-order valence-corrected chi connectivity index (χ1v) is 22.8. The zero-order chi connectivity index (χ0) is 60.1. The molecule has 0 aromatic carbocycles. The van der Waals surface area contributed by atoms with Gasteiger partial charge in [0.15, 0.2) is 6.61 Å². The molecular weight excluding hydrogens is 1090 g/mol. The van der Waals surface area contributed by atoms with Crippen molar-refractivity contribution in [2.24, 2.45) is 16.7 Å². The van der Waals surface area contributed by atoms with Gasteiger partial charge in [-0.1, -0.05) is 47.0 Å². The topological polar surface area (TPSA) is 445 Å². The molecule has 0 saturated carbocycles. The molecule has 0 radical (unpaired) electrons. The molecule has 0 aliphatic heterocycles. The Morgan fingerprint density at radius 1 is 0.354 bits per heavy atom. The van der Waals surface area contributed by atoms with E-state index in [0.717, 1.165) is 25.7 Å². The SMILES string of the molecule is CCC(C)(C)C(=O)O.CCCCC(CC)COC(=O)COC(=O)OCOC(=O)OCOC(=O)OCOC(=O)OCOC(=O)OCOC(=O)OCOC(=O)OCOC(=O)OCOC(=O)OCOC(=O)OCCOC(=O)C(C)(C)CC. The van der Waals surface area contributed by atoms with Crippen molar-refractivity contribution in [3.8, 4) is 0 Å². The average Bonchev–Trinajstić information content (AvgIpc) is 3.39. The summed E-state index contributed by atoms with van der Waals surface area (Å²) in [6.07, 6.45) is -10.0. The summed E-state index contributed by atoms with van der Waals surface area (Å²) in [6.45, 7) is 3.54. The maximum Gasteiger partial charge on any atom is 0.514 e. The van der Waals surface area contributed by atoms with E-state index in [1.165, 1.54) is 0 Å². The van der Waals surface area contributed by atoms with Gasteiger partial charge >= 0.3 is 79.5 Å². The Bertz CT molecular complexity index is 1910. The molecule has 0 fully saturated rings. The van der Waals surface area contributed by atoms with Crippen molar-refractivity contribution >= 4 is 79.5 Å². The third-order valence-electron chi connectivity index (χ3n) is 8.95. The minimum atomic E-state index is -1.56. The highest BCUT2D eigenvalue weighted by Crippen LogP contribution is 2.21. The number of carbonyl (C=O) groups is 13. The number of ether oxygens (including phenoxy) is 22. The molecule has 79 heavy (non-hydrogen) atoms. The lowest BCUT2D eigenvalue weighted by Gasteiger charge is -2.20. The van der Waals surface area contributed by atoms with Gasteiger partial charge in [-0.2, -0.15) is 0 Å². The molecule has 0 aromatic rings. The number of carboxylic acid groups (broad SMARTS) is 1. The molecule has 1 atom stereocenters. The number of hydrogen-bond donors (Lipinski definition) is 1. The molecule has 1 unspecified atom stereocenters. The Labute approximate surface area is 448 Å². The zero-order valence-electron chi connectivity index (χ0n) is 44.2. The van der Waals surface area contributed by atoms with Gasteiger partial charge in [-0.15, -0.1) is 0 Å². The van der Waals surface area contributed by atoms with Crippen LogP contribution in [-0.4, -0.2) is 172 Å². The number of hydrogen-bond acceptors (Lipinski definition) is 35. The maximum absolute atomic E-state index is 11.8. The molecule has 0 bridgehead atoms. The molecule has 452 valence electrons. The Balaban J connectivity index is 0. The summed E-state index contributed by atoms with van der Waals surface area (Å²) >= 11 is 0. The quantitative estimate of drug-likeness (QED) is 0.0322. The van der Waals surface area contributed by atoms with Gasteiger partial charge in [0.2, 0.25) is 61.1 Å². The molecule has 36 heteroatoms. The highest BCUT2D eigenvalue weighted by molar-refractivity contribution is 5.76. The molecule has 0 spiro atoms. The van der Waals surface area contributed by atoms with Gasteiger partial charge in [-0.3, -0.25) is 9.59 Å². The van der Waals surface area contributed by atoms with E-state index in [1.54, 1.807) is 34.6 Å². The number of esters is 2. The van der Waals surface area contributed by atoms with Crippen LogP contribution in [0.5, 0.6) is 0 Å². The average molecular weight is 1160 g/mol. The maximum atomic E-state index is 11.8. The van der Waals surface area contributed by atoms with Crippen LogP contribution < -0.4 is 0 Å². The number of carbonyl (C=O) groups excluding carboxylic acids is 12. The standard InChI is InChI=1S/C37H52O34.C6H12O2/c1-6-9-10-24(7-2)13-52-25(38)14-53-28(41)55-16-57-30(43)59-18-61-32(45)63-20-65-34(47)67-22-69-36(49)71-23-70-35(48)68-21-66-33(46)64-19-62-31(44)60-17-58-29(42)56-15-54-27(40)51-12-11-50-26(39)37(4,5)8-3;1-4-6(2,3)5(7)8/h24H,6-23H2,1-5H3;4H2,1-3H3,(H,7,8). The first-order chi connectivity index (χ1) is 37.3. The van der Waals surface area contributed by atoms with Gasteiger partial charge in [-0.25, -0.2) is 52.7 Å². The summed E-state index contributed by atoms with van der Waals surface area (Å²) in [4.78, 5) is 148. The van der Waals surface area contributed by atoms with Crippen LogP contribution in [0, 0.1) is 16.7 Å². The second kappa shape index (κ2) is 43.2. The lowest BCUT2D eigenvalue weighted by molar-refractivity contribution is -0.155. The van der Waals surface area contributed by atoms with E-state index in [-0.39, 0.29) is 25.7 Å². The predicted octanol–water partition coefficient (Wildman–Crippen LogP) is 6.38. The van der Waals surface area contributed by atoms with Crippen LogP contribution in [0.1, 0.15) is 93.9 Å². The fourth-order valence-electron chi connectivity index (χ4n) is 3.57.